The van der Waals surface area contributed by atoms with E-state index in [4.69, 9.17) is 0 Å². The van der Waals surface area contributed by atoms with Gasteiger partial charge in [0.2, 0.25) is 5.95 Å². The lowest BCUT2D eigenvalue weighted by atomic mass is 10.2. The topological polar surface area (TPSA) is 66.2 Å². The number of anilines is 2. The normalized spacial score (nSPS) is 17.3. The van der Waals surface area contributed by atoms with E-state index in [0.717, 1.165) is 38.3 Å². The third-order valence-corrected chi connectivity index (χ3v) is 4.67. The van der Waals surface area contributed by atoms with Gasteiger partial charge in [-0.3, -0.25) is 0 Å². The molecule has 25 heavy (non-hydrogen) atoms. The van der Waals surface area contributed by atoms with E-state index in [9.17, 15) is 5.11 Å². The van der Waals surface area contributed by atoms with Crippen LogP contribution in [0.15, 0.2) is 48.8 Å². The van der Waals surface area contributed by atoms with Gasteiger partial charge in [0, 0.05) is 44.1 Å². The molecule has 6 nitrogen and oxygen atoms in total. The molecule has 3 aromatic rings. The summed E-state index contributed by atoms with van der Waals surface area (Å²) < 4.78 is 2.28. The van der Waals surface area contributed by atoms with Crippen molar-refractivity contribution >= 4 is 22.7 Å². The number of nitrogens with one attached hydrogen (secondary N) is 1. The van der Waals surface area contributed by atoms with Crippen LogP contribution < -0.4 is 10.2 Å². The number of nitrogens with zero attached hydrogens (tertiary/aromatic N) is 4. The van der Waals surface area contributed by atoms with E-state index in [1.54, 1.807) is 6.20 Å². The van der Waals surface area contributed by atoms with Crippen molar-refractivity contribution < 1.29 is 5.11 Å². The van der Waals surface area contributed by atoms with Crippen LogP contribution in [0.4, 0.5) is 11.8 Å². The van der Waals surface area contributed by atoms with Crippen LogP contribution in [0.1, 0.15) is 12.8 Å². The van der Waals surface area contributed by atoms with Crippen LogP contribution in [-0.4, -0.2) is 45.4 Å². The molecule has 3 heterocycles. The molecular formula is C19H23N5O. The number of aliphatic hydroxyl groups is 1. The minimum absolute atomic E-state index is 0.247. The van der Waals surface area contributed by atoms with Gasteiger partial charge in [-0.2, -0.15) is 4.98 Å². The largest absolute Gasteiger partial charge is 0.391 e. The summed E-state index contributed by atoms with van der Waals surface area (Å²) in [5, 5.41) is 14.2. The Morgan fingerprint density at radius 2 is 2.12 bits per heavy atom. The highest BCUT2D eigenvalue weighted by Crippen LogP contribution is 2.19. The maximum Gasteiger partial charge on any atom is 0.224 e. The number of para-hydroxylation sites is 1. The summed E-state index contributed by atoms with van der Waals surface area (Å²) in [5.74, 6) is 1.53. The average Bonchev–Trinajstić information content (AvgIpc) is 3.26. The minimum atomic E-state index is -0.247. The fraction of sp³-hybridized carbons (Fsp3) is 0.368. The molecule has 0 bridgehead atoms. The molecule has 0 aliphatic carbocycles. The van der Waals surface area contributed by atoms with Gasteiger partial charge in [-0.15, -0.1) is 0 Å². The Morgan fingerprint density at radius 3 is 3.00 bits per heavy atom. The number of β-amino-alcohol motifs (C(OH)–C–C–N with tert-alkyl or cyclic N) is 1. The number of aliphatic hydroxyl groups excluding tert-OH is 1. The predicted octanol–water partition coefficient (Wildman–Crippen LogP) is 2.50. The summed E-state index contributed by atoms with van der Waals surface area (Å²) in [6, 6.07) is 12.5. The third-order valence-electron chi connectivity index (χ3n) is 4.67. The molecule has 1 unspecified atom stereocenters. The molecule has 1 aliphatic rings. The molecular weight excluding hydrogens is 314 g/mol. The van der Waals surface area contributed by atoms with E-state index in [1.165, 1.54) is 10.9 Å². The Kier molecular flexibility index (Phi) is 4.52. The first kappa shape index (κ1) is 15.9. The number of aryl methyl sites for hydroxylation is 1. The summed E-state index contributed by atoms with van der Waals surface area (Å²) in [6.07, 6.45) is 5.46. The van der Waals surface area contributed by atoms with Crippen LogP contribution in [0.3, 0.4) is 0 Å². The van der Waals surface area contributed by atoms with Crippen LogP contribution in [0.5, 0.6) is 0 Å². The highest BCUT2D eigenvalue weighted by molar-refractivity contribution is 5.79. The number of aromatic nitrogens is 3. The van der Waals surface area contributed by atoms with Crippen LogP contribution in [0.25, 0.3) is 10.9 Å². The molecule has 6 heteroatoms. The van der Waals surface area contributed by atoms with E-state index >= 15 is 0 Å². The van der Waals surface area contributed by atoms with Gasteiger partial charge in [-0.05, 0) is 36.4 Å². The molecule has 0 spiro atoms. The zero-order valence-electron chi connectivity index (χ0n) is 14.2. The lowest BCUT2D eigenvalue weighted by Crippen LogP contribution is -2.22. The molecule has 1 atom stereocenters. The van der Waals surface area contributed by atoms with Crippen LogP contribution >= 0.6 is 0 Å². The van der Waals surface area contributed by atoms with Crippen molar-refractivity contribution in [1.82, 2.24) is 14.5 Å². The summed E-state index contributed by atoms with van der Waals surface area (Å²) in [4.78, 5) is 11.0. The highest BCUT2D eigenvalue weighted by atomic mass is 16.3. The molecule has 2 N–H and O–H groups in total. The van der Waals surface area contributed by atoms with E-state index < -0.39 is 0 Å². The minimum Gasteiger partial charge on any atom is -0.391 e. The lowest BCUT2D eigenvalue weighted by molar-refractivity contribution is 0.198. The first-order chi connectivity index (χ1) is 12.3. The molecule has 1 aromatic carbocycles. The smallest absolute Gasteiger partial charge is 0.224 e. The Morgan fingerprint density at radius 1 is 1.20 bits per heavy atom. The number of fused-ring (bicyclic) bond motifs is 1. The lowest BCUT2D eigenvalue weighted by Gasteiger charge is -2.17. The highest BCUT2D eigenvalue weighted by Gasteiger charge is 2.21. The van der Waals surface area contributed by atoms with Crippen molar-refractivity contribution in [2.24, 2.45) is 0 Å². The Hall–Kier alpha value is -2.60. The first-order valence-corrected chi connectivity index (χ1v) is 8.83. The van der Waals surface area contributed by atoms with Crippen molar-refractivity contribution in [3.8, 4) is 0 Å². The van der Waals surface area contributed by atoms with Crippen LogP contribution in [0, 0.1) is 0 Å². The van der Waals surface area contributed by atoms with Gasteiger partial charge in [-0.25, -0.2) is 4.98 Å². The molecule has 1 aliphatic heterocycles. The zero-order chi connectivity index (χ0) is 17.1. The van der Waals surface area contributed by atoms with E-state index in [1.807, 2.05) is 6.07 Å². The zero-order valence-corrected chi connectivity index (χ0v) is 14.2. The van der Waals surface area contributed by atoms with Gasteiger partial charge in [0.15, 0.2) is 0 Å². The first-order valence-electron chi connectivity index (χ1n) is 8.83. The van der Waals surface area contributed by atoms with Crippen molar-refractivity contribution in [3.05, 3.63) is 48.8 Å². The summed E-state index contributed by atoms with van der Waals surface area (Å²) in [7, 11) is 0. The second-order valence-corrected chi connectivity index (χ2v) is 6.48. The number of rotatable bonds is 6. The second kappa shape index (κ2) is 7.11. The Bertz CT molecular complexity index is 846. The Balaban J connectivity index is 1.31. The average molecular weight is 337 g/mol. The summed E-state index contributed by atoms with van der Waals surface area (Å²) in [6.45, 7) is 3.27. The van der Waals surface area contributed by atoms with Gasteiger partial charge >= 0.3 is 0 Å². The molecule has 0 saturated carbocycles. The van der Waals surface area contributed by atoms with Gasteiger partial charge in [0.05, 0.1) is 6.10 Å². The molecule has 1 saturated heterocycles. The molecule has 0 radical (unpaired) electrons. The number of hydrogen-bond acceptors (Lipinski definition) is 5. The summed E-state index contributed by atoms with van der Waals surface area (Å²) in [5.41, 5.74) is 1.27. The predicted molar refractivity (Wildman–Crippen MR) is 99.9 cm³/mol. The molecule has 130 valence electrons. The fourth-order valence-electron chi connectivity index (χ4n) is 3.35. The van der Waals surface area contributed by atoms with Crippen LogP contribution in [-0.2, 0) is 6.54 Å². The van der Waals surface area contributed by atoms with Crippen molar-refractivity contribution in [2.45, 2.75) is 25.5 Å². The third kappa shape index (κ3) is 3.58. The Labute approximate surface area is 147 Å². The monoisotopic (exact) mass is 337 g/mol. The van der Waals surface area contributed by atoms with E-state index in [0.29, 0.717) is 12.5 Å². The van der Waals surface area contributed by atoms with E-state index in [-0.39, 0.29) is 6.10 Å². The number of benzene rings is 1. The molecule has 0 amide bonds. The standard InChI is InChI=1S/C19H23N5O/c25-16-8-13-24(14-16)18-6-10-21-19(22-18)20-9-3-11-23-12-7-15-4-1-2-5-17(15)23/h1-2,4-7,10,12,16,25H,3,8-9,11,13-14H2,(H,20,21,22). The SMILES string of the molecule is OC1CCN(c2ccnc(NCCCn3ccc4ccccc43)n2)C1. The van der Waals surface area contributed by atoms with Gasteiger partial charge in [0.25, 0.3) is 0 Å². The van der Waals surface area contributed by atoms with Gasteiger partial charge < -0.3 is 19.9 Å². The molecule has 4 rings (SSSR count). The van der Waals surface area contributed by atoms with Crippen LogP contribution in [0.2, 0.25) is 0 Å². The van der Waals surface area contributed by atoms with Gasteiger partial charge in [0.1, 0.15) is 5.82 Å². The fourth-order valence-corrected chi connectivity index (χ4v) is 3.35. The maximum atomic E-state index is 9.67. The quantitative estimate of drug-likeness (QED) is 0.677. The van der Waals surface area contributed by atoms with Gasteiger partial charge in [-0.1, -0.05) is 18.2 Å². The second-order valence-electron chi connectivity index (χ2n) is 6.48. The number of hydrogen-bond donors (Lipinski definition) is 2. The van der Waals surface area contributed by atoms with Crippen molar-refractivity contribution in [3.63, 3.8) is 0 Å². The van der Waals surface area contributed by atoms with E-state index in [2.05, 4.69) is 61.3 Å². The molecule has 2 aromatic heterocycles. The molecule has 1 fully saturated rings. The van der Waals surface area contributed by atoms with Crippen molar-refractivity contribution in [2.75, 3.05) is 29.9 Å². The van der Waals surface area contributed by atoms with Crippen molar-refractivity contribution in [1.29, 1.82) is 0 Å². The maximum absolute atomic E-state index is 9.67. The summed E-state index contributed by atoms with van der Waals surface area (Å²) >= 11 is 0.